The highest BCUT2D eigenvalue weighted by Crippen LogP contribution is 2.37. The summed E-state index contributed by atoms with van der Waals surface area (Å²) < 4.78 is 39.0. The van der Waals surface area contributed by atoms with Crippen molar-refractivity contribution in [3.63, 3.8) is 0 Å². The summed E-state index contributed by atoms with van der Waals surface area (Å²) in [5.41, 5.74) is 0.730. The number of rotatable bonds is 5. The first kappa shape index (κ1) is 18.7. The van der Waals surface area contributed by atoms with E-state index in [9.17, 15) is 13.2 Å². The van der Waals surface area contributed by atoms with Crippen molar-refractivity contribution in [2.24, 2.45) is 11.8 Å². The fourth-order valence-corrected chi connectivity index (χ4v) is 6.90. The molecule has 0 spiro atoms. The van der Waals surface area contributed by atoms with Crippen LogP contribution in [0.15, 0.2) is 38.5 Å². The van der Waals surface area contributed by atoms with Crippen LogP contribution >= 0.6 is 11.3 Å². The van der Waals surface area contributed by atoms with E-state index < -0.39 is 15.9 Å². The van der Waals surface area contributed by atoms with Gasteiger partial charge in [0, 0.05) is 25.6 Å². The standard InChI is InChI=1S/C18H22N2O5S2/c1-12-5-8-26-18(12)27(22,23)20-10-15(14-4-7-25-16(14)11-20)17(21)19-9-13-3-2-6-24-13/h2-3,5-6,8,14-16H,4,7,9-11H2,1H3,(H,19,21)/t14-,15+,16+/m0/s1. The highest BCUT2D eigenvalue weighted by Gasteiger charge is 2.47. The fraction of sp³-hybridized carbons (Fsp3) is 0.500. The third-order valence-corrected chi connectivity index (χ3v) is 8.80. The number of sulfonamides is 1. The van der Waals surface area contributed by atoms with Crippen LogP contribution in [0.2, 0.25) is 0 Å². The number of hydrogen-bond acceptors (Lipinski definition) is 6. The lowest BCUT2D eigenvalue weighted by Gasteiger charge is -2.38. The van der Waals surface area contributed by atoms with Crippen LogP contribution in [0.1, 0.15) is 17.7 Å². The monoisotopic (exact) mass is 410 g/mol. The van der Waals surface area contributed by atoms with Crippen molar-refractivity contribution in [2.45, 2.75) is 30.2 Å². The SMILES string of the molecule is Cc1ccsc1S(=O)(=O)N1C[C@H]2OCC[C@H]2[C@H](C(=O)NCc2ccco2)C1. The van der Waals surface area contributed by atoms with Crippen molar-refractivity contribution < 1.29 is 22.4 Å². The number of nitrogens with one attached hydrogen (secondary N) is 1. The molecule has 0 bridgehead atoms. The maximum atomic E-state index is 13.1. The van der Waals surface area contributed by atoms with Crippen molar-refractivity contribution >= 4 is 27.3 Å². The van der Waals surface area contributed by atoms with Gasteiger partial charge < -0.3 is 14.5 Å². The van der Waals surface area contributed by atoms with Gasteiger partial charge in [-0.2, -0.15) is 4.31 Å². The average Bonchev–Trinajstić information content (AvgIpc) is 3.39. The molecule has 146 valence electrons. The highest BCUT2D eigenvalue weighted by atomic mass is 32.2. The van der Waals surface area contributed by atoms with Gasteiger partial charge in [-0.05, 0) is 42.5 Å². The number of ether oxygens (including phenoxy) is 1. The van der Waals surface area contributed by atoms with Gasteiger partial charge in [0.15, 0.2) is 0 Å². The van der Waals surface area contributed by atoms with E-state index in [1.54, 1.807) is 36.8 Å². The Hall–Kier alpha value is -1.68. The molecule has 4 heterocycles. The zero-order chi connectivity index (χ0) is 19.0. The molecule has 2 fully saturated rings. The molecule has 0 saturated carbocycles. The minimum Gasteiger partial charge on any atom is -0.467 e. The van der Waals surface area contributed by atoms with Crippen LogP contribution in [0.4, 0.5) is 0 Å². The van der Waals surface area contributed by atoms with Gasteiger partial charge in [0.05, 0.1) is 24.8 Å². The zero-order valence-corrected chi connectivity index (χ0v) is 16.6. The van der Waals surface area contributed by atoms with Crippen LogP contribution in [0.25, 0.3) is 0 Å². The summed E-state index contributed by atoms with van der Waals surface area (Å²) in [5, 5.41) is 4.65. The Labute approximate surface area is 162 Å². The van der Waals surface area contributed by atoms with Gasteiger partial charge in [-0.3, -0.25) is 4.79 Å². The van der Waals surface area contributed by atoms with Gasteiger partial charge in [-0.25, -0.2) is 8.42 Å². The molecule has 1 N–H and O–H groups in total. The molecule has 0 aromatic carbocycles. The molecule has 2 aliphatic heterocycles. The molecule has 4 rings (SSSR count). The minimum absolute atomic E-state index is 0.0393. The highest BCUT2D eigenvalue weighted by molar-refractivity contribution is 7.91. The van der Waals surface area contributed by atoms with Crippen LogP contribution < -0.4 is 5.32 Å². The Bertz CT molecular complexity index is 906. The third kappa shape index (κ3) is 3.56. The number of furan rings is 1. The number of fused-ring (bicyclic) bond motifs is 1. The number of aryl methyl sites for hydroxylation is 1. The summed E-state index contributed by atoms with van der Waals surface area (Å²) in [5.74, 6) is 0.112. The Morgan fingerprint density at radius 3 is 2.93 bits per heavy atom. The quantitative estimate of drug-likeness (QED) is 0.814. The Balaban J connectivity index is 1.54. The maximum Gasteiger partial charge on any atom is 0.252 e. The van der Waals surface area contributed by atoms with Gasteiger partial charge in [-0.1, -0.05) is 0 Å². The van der Waals surface area contributed by atoms with Crippen LogP contribution in [0.5, 0.6) is 0 Å². The van der Waals surface area contributed by atoms with Crippen LogP contribution in [-0.4, -0.2) is 44.4 Å². The van der Waals surface area contributed by atoms with Gasteiger partial charge >= 0.3 is 0 Å². The van der Waals surface area contributed by atoms with Crippen molar-refractivity contribution in [1.29, 1.82) is 0 Å². The molecule has 0 aliphatic carbocycles. The summed E-state index contributed by atoms with van der Waals surface area (Å²) in [6.07, 6.45) is 2.09. The second-order valence-corrected chi connectivity index (χ2v) is 10.0. The molecule has 3 atom stereocenters. The average molecular weight is 411 g/mol. The van der Waals surface area contributed by atoms with Crippen LogP contribution in [-0.2, 0) is 26.1 Å². The Morgan fingerprint density at radius 2 is 2.22 bits per heavy atom. The van der Waals surface area contributed by atoms with Crippen molar-refractivity contribution in [1.82, 2.24) is 9.62 Å². The topological polar surface area (TPSA) is 88.8 Å². The molecule has 2 aromatic rings. The second kappa shape index (κ2) is 7.38. The first-order valence-corrected chi connectivity index (χ1v) is 11.2. The van der Waals surface area contributed by atoms with E-state index in [1.807, 2.05) is 0 Å². The number of thiophene rings is 1. The van der Waals surface area contributed by atoms with Gasteiger partial charge in [-0.15, -0.1) is 11.3 Å². The molecule has 27 heavy (non-hydrogen) atoms. The van der Waals surface area contributed by atoms with E-state index in [1.165, 1.54) is 15.6 Å². The smallest absolute Gasteiger partial charge is 0.252 e. The zero-order valence-electron chi connectivity index (χ0n) is 15.0. The Kier molecular flexibility index (Phi) is 5.11. The lowest BCUT2D eigenvalue weighted by Crippen LogP contribution is -2.54. The molecule has 0 radical (unpaired) electrons. The first-order valence-electron chi connectivity index (χ1n) is 8.93. The van der Waals surface area contributed by atoms with Crippen LogP contribution in [0.3, 0.4) is 0 Å². The lowest BCUT2D eigenvalue weighted by atomic mass is 9.83. The summed E-state index contributed by atoms with van der Waals surface area (Å²) in [4.78, 5) is 12.8. The van der Waals surface area contributed by atoms with E-state index in [0.717, 1.165) is 12.0 Å². The number of carbonyl (C=O) groups is 1. The van der Waals surface area contributed by atoms with Gasteiger partial charge in [0.25, 0.3) is 10.0 Å². The van der Waals surface area contributed by atoms with Gasteiger partial charge in [0.1, 0.15) is 9.97 Å². The predicted octanol–water partition coefficient (Wildman–Crippen LogP) is 1.99. The summed E-state index contributed by atoms with van der Waals surface area (Å²) >= 11 is 1.21. The minimum atomic E-state index is -3.64. The number of amides is 1. The van der Waals surface area contributed by atoms with E-state index in [0.29, 0.717) is 23.1 Å². The second-order valence-electron chi connectivity index (χ2n) is 6.98. The summed E-state index contributed by atoms with van der Waals surface area (Å²) in [6.45, 7) is 3.11. The van der Waals surface area contributed by atoms with Crippen molar-refractivity contribution in [3.05, 3.63) is 41.2 Å². The number of nitrogens with zero attached hydrogens (tertiary/aromatic N) is 1. The summed E-state index contributed by atoms with van der Waals surface area (Å²) in [6, 6.07) is 5.35. The number of piperidine rings is 1. The van der Waals surface area contributed by atoms with Gasteiger partial charge in [0.2, 0.25) is 5.91 Å². The molecule has 2 aliphatic rings. The normalized spacial score (nSPS) is 26.0. The fourth-order valence-electron chi connectivity index (χ4n) is 3.88. The number of carbonyl (C=O) groups excluding carboxylic acids is 1. The number of hydrogen-bond donors (Lipinski definition) is 1. The van der Waals surface area contributed by atoms with Crippen molar-refractivity contribution in [2.75, 3.05) is 19.7 Å². The molecule has 2 aromatic heterocycles. The van der Waals surface area contributed by atoms with E-state index in [4.69, 9.17) is 9.15 Å². The lowest BCUT2D eigenvalue weighted by molar-refractivity contribution is -0.129. The van der Waals surface area contributed by atoms with Crippen LogP contribution in [0, 0.1) is 18.8 Å². The predicted molar refractivity (Wildman–Crippen MR) is 99.7 cm³/mol. The van der Waals surface area contributed by atoms with E-state index >= 15 is 0 Å². The molecule has 9 heteroatoms. The first-order chi connectivity index (χ1) is 13.0. The maximum absolute atomic E-state index is 13.1. The third-order valence-electron chi connectivity index (χ3n) is 5.30. The molecule has 0 unspecified atom stereocenters. The van der Waals surface area contributed by atoms with E-state index in [-0.39, 0.29) is 31.0 Å². The largest absolute Gasteiger partial charge is 0.467 e. The Morgan fingerprint density at radius 1 is 1.37 bits per heavy atom. The molecular weight excluding hydrogens is 388 g/mol. The van der Waals surface area contributed by atoms with E-state index in [2.05, 4.69) is 5.32 Å². The molecule has 1 amide bonds. The summed E-state index contributed by atoms with van der Waals surface area (Å²) in [7, 11) is -3.64. The molecule has 2 saturated heterocycles. The molecular formula is C18H22N2O5S2. The van der Waals surface area contributed by atoms with Crippen molar-refractivity contribution in [3.8, 4) is 0 Å². The molecule has 7 nitrogen and oxygen atoms in total.